The average Bonchev–Trinajstić information content (AvgIpc) is 3.90. The highest BCUT2D eigenvalue weighted by Crippen LogP contribution is 2.42. The largest absolute Gasteiger partial charge is 0.454 e. The number of benzene rings is 9. The standard InChI is InChI=1S/C58H41N3O/c1-5-15-38(16-6-1)42-23-13-24-46(33-42)58-59-51(41-21-11-4-12-22-41)37-52(60-58)45-28-31-48-49-25-14-26-54(57(49)62-56(48)36-45)61-53-32-29-43(39-17-7-2-8-18-39)34-50(53)47-30-27-44(35-55(47)61)40-19-9-3-10-20-40/h1-36,52,58,60H,37H2. The van der Waals surface area contributed by atoms with Gasteiger partial charge in [-0.25, -0.2) is 0 Å². The van der Waals surface area contributed by atoms with Crippen molar-refractivity contribution in [3.05, 3.63) is 235 Å². The lowest BCUT2D eigenvalue weighted by Gasteiger charge is -2.31. The monoisotopic (exact) mass is 795 g/mol. The summed E-state index contributed by atoms with van der Waals surface area (Å²) in [6, 6.07) is 78.2. The van der Waals surface area contributed by atoms with E-state index in [1.165, 1.54) is 49.7 Å². The molecule has 12 rings (SSSR count). The maximum absolute atomic E-state index is 7.05. The summed E-state index contributed by atoms with van der Waals surface area (Å²) in [5.74, 6) is 0. The highest BCUT2D eigenvalue weighted by atomic mass is 16.3. The van der Waals surface area contributed by atoms with Crippen LogP contribution in [-0.4, -0.2) is 10.3 Å². The summed E-state index contributed by atoms with van der Waals surface area (Å²) < 4.78 is 9.45. The molecule has 11 aromatic rings. The quantitative estimate of drug-likeness (QED) is 0.175. The molecule has 62 heavy (non-hydrogen) atoms. The molecule has 2 unspecified atom stereocenters. The molecule has 0 aliphatic carbocycles. The summed E-state index contributed by atoms with van der Waals surface area (Å²) in [7, 11) is 0. The first-order valence-electron chi connectivity index (χ1n) is 21.4. The molecule has 0 bridgehead atoms. The van der Waals surface area contributed by atoms with Crippen LogP contribution in [-0.2, 0) is 0 Å². The molecular formula is C58H41N3O. The number of furan rings is 1. The molecule has 3 heterocycles. The van der Waals surface area contributed by atoms with E-state index < -0.39 is 0 Å². The minimum absolute atomic E-state index is 0.0118. The maximum Gasteiger partial charge on any atom is 0.159 e. The lowest BCUT2D eigenvalue weighted by Crippen LogP contribution is -2.33. The zero-order chi connectivity index (χ0) is 41.0. The number of para-hydroxylation sites is 1. The van der Waals surface area contributed by atoms with Crippen LogP contribution < -0.4 is 5.32 Å². The van der Waals surface area contributed by atoms with E-state index in [1.807, 2.05) is 0 Å². The SMILES string of the molecule is c1ccc(C2=NC(c3cccc(-c4ccccc4)c3)NC(c3ccc4c(c3)oc3c(-n5c6ccc(-c7ccccc7)cc6c6ccc(-c7ccccc7)cc65)cccc34)C2)cc1. The van der Waals surface area contributed by atoms with E-state index in [0.717, 1.165) is 61.9 Å². The average molecular weight is 796 g/mol. The van der Waals surface area contributed by atoms with Gasteiger partial charge in [-0.3, -0.25) is 10.3 Å². The molecule has 0 amide bonds. The first kappa shape index (κ1) is 36.1. The van der Waals surface area contributed by atoms with Gasteiger partial charge in [0.15, 0.2) is 5.58 Å². The Hall–Kier alpha value is -7.79. The van der Waals surface area contributed by atoms with Crippen molar-refractivity contribution in [3.63, 3.8) is 0 Å². The molecule has 0 radical (unpaired) electrons. The summed E-state index contributed by atoms with van der Waals surface area (Å²) >= 11 is 0. The fourth-order valence-corrected chi connectivity index (χ4v) is 9.51. The van der Waals surface area contributed by atoms with E-state index in [1.54, 1.807) is 0 Å². The number of hydrogen-bond acceptors (Lipinski definition) is 3. The highest BCUT2D eigenvalue weighted by molar-refractivity contribution is 6.14. The van der Waals surface area contributed by atoms with Crippen LogP contribution in [0.3, 0.4) is 0 Å². The molecule has 4 nitrogen and oxygen atoms in total. The summed E-state index contributed by atoms with van der Waals surface area (Å²) in [6.07, 6.45) is 0.537. The van der Waals surface area contributed by atoms with Gasteiger partial charge < -0.3 is 8.98 Å². The van der Waals surface area contributed by atoms with Gasteiger partial charge in [0.05, 0.1) is 16.7 Å². The van der Waals surface area contributed by atoms with E-state index in [0.29, 0.717) is 0 Å². The van der Waals surface area contributed by atoms with Crippen molar-refractivity contribution in [2.24, 2.45) is 4.99 Å². The van der Waals surface area contributed by atoms with Crippen LogP contribution in [0.25, 0.3) is 82.8 Å². The molecule has 0 saturated heterocycles. The lowest BCUT2D eigenvalue weighted by molar-refractivity contribution is 0.442. The van der Waals surface area contributed by atoms with Crippen LogP contribution >= 0.6 is 0 Å². The maximum atomic E-state index is 7.05. The van der Waals surface area contributed by atoms with Crippen molar-refractivity contribution in [2.75, 3.05) is 0 Å². The Bertz CT molecular complexity index is 3460. The van der Waals surface area contributed by atoms with Crippen molar-refractivity contribution >= 4 is 49.5 Å². The topological polar surface area (TPSA) is 42.5 Å². The van der Waals surface area contributed by atoms with E-state index in [4.69, 9.17) is 9.41 Å². The number of aromatic nitrogens is 1. The number of hydrogen-bond donors (Lipinski definition) is 1. The van der Waals surface area contributed by atoms with Gasteiger partial charge in [0.25, 0.3) is 0 Å². The van der Waals surface area contributed by atoms with Crippen molar-refractivity contribution in [3.8, 4) is 39.1 Å². The normalized spacial score (nSPS) is 15.4. The first-order chi connectivity index (χ1) is 30.7. The molecular weight excluding hydrogens is 755 g/mol. The molecule has 294 valence electrons. The van der Waals surface area contributed by atoms with E-state index >= 15 is 0 Å². The molecule has 0 fully saturated rings. The number of rotatable bonds is 7. The van der Waals surface area contributed by atoms with Crippen LogP contribution in [0.1, 0.15) is 35.3 Å². The predicted octanol–water partition coefficient (Wildman–Crippen LogP) is 14.9. The van der Waals surface area contributed by atoms with E-state index in [9.17, 15) is 0 Å². The van der Waals surface area contributed by atoms with Gasteiger partial charge in [-0.15, -0.1) is 0 Å². The van der Waals surface area contributed by atoms with Crippen LogP contribution in [0, 0.1) is 0 Å². The molecule has 1 N–H and O–H groups in total. The second-order valence-corrected chi connectivity index (χ2v) is 16.3. The molecule has 1 aliphatic rings. The zero-order valence-corrected chi connectivity index (χ0v) is 33.9. The minimum Gasteiger partial charge on any atom is -0.454 e. The number of aliphatic imine (C=N–C) groups is 1. The number of nitrogens with zero attached hydrogens (tertiary/aromatic N) is 2. The summed E-state index contributed by atoms with van der Waals surface area (Å²) in [6.45, 7) is 0. The Morgan fingerprint density at radius 1 is 0.419 bits per heavy atom. The van der Waals surface area contributed by atoms with Crippen LogP contribution in [0.15, 0.2) is 228 Å². The van der Waals surface area contributed by atoms with Gasteiger partial charge in [-0.1, -0.05) is 182 Å². The van der Waals surface area contributed by atoms with Crippen molar-refractivity contribution in [1.29, 1.82) is 0 Å². The van der Waals surface area contributed by atoms with Crippen molar-refractivity contribution < 1.29 is 4.42 Å². The van der Waals surface area contributed by atoms with E-state index in [-0.39, 0.29) is 12.2 Å². The first-order valence-corrected chi connectivity index (χ1v) is 21.4. The molecule has 0 saturated carbocycles. The highest BCUT2D eigenvalue weighted by Gasteiger charge is 2.27. The van der Waals surface area contributed by atoms with Gasteiger partial charge in [-0.05, 0) is 86.5 Å². The van der Waals surface area contributed by atoms with Gasteiger partial charge in [0.1, 0.15) is 11.7 Å². The third kappa shape index (κ3) is 6.32. The zero-order valence-electron chi connectivity index (χ0n) is 33.9. The van der Waals surface area contributed by atoms with Gasteiger partial charge in [0, 0.05) is 39.7 Å². The Morgan fingerprint density at radius 3 is 1.73 bits per heavy atom. The third-order valence-electron chi connectivity index (χ3n) is 12.6. The van der Waals surface area contributed by atoms with Gasteiger partial charge in [-0.2, -0.15) is 0 Å². The summed E-state index contributed by atoms with van der Waals surface area (Å²) in [5.41, 5.74) is 16.7. The van der Waals surface area contributed by atoms with Crippen LogP contribution in [0.4, 0.5) is 0 Å². The smallest absolute Gasteiger partial charge is 0.159 e. The van der Waals surface area contributed by atoms with Gasteiger partial charge >= 0.3 is 0 Å². The van der Waals surface area contributed by atoms with Crippen molar-refractivity contribution in [2.45, 2.75) is 18.6 Å². The molecule has 0 spiro atoms. The Morgan fingerprint density at radius 2 is 1.02 bits per heavy atom. The van der Waals surface area contributed by atoms with E-state index in [2.05, 4.69) is 228 Å². The summed E-state index contributed by atoms with van der Waals surface area (Å²) in [5, 5.41) is 8.55. The Balaban J connectivity index is 0.984. The molecule has 2 aromatic heterocycles. The van der Waals surface area contributed by atoms with Crippen LogP contribution in [0.5, 0.6) is 0 Å². The second-order valence-electron chi connectivity index (χ2n) is 16.3. The number of fused-ring (bicyclic) bond motifs is 6. The summed E-state index contributed by atoms with van der Waals surface area (Å²) in [4.78, 5) is 5.35. The minimum atomic E-state index is -0.218. The molecule has 2 atom stereocenters. The molecule has 4 heteroatoms. The third-order valence-corrected chi connectivity index (χ3v) is 12.6. The van der Waals surface area contributed by atoms with Crippen molar-refractivity contribution in [1.82, 2.24) is 9.88 Å². The number of nitrogens with one attached hydrogen (secondary N) is 1. The molecule has 1 aliphatic heterocycles. The fraction of sp³-hybridized carbons (Fsp3) is 0.0517. The van der Waals surface area contributed by atoms with Crippen LogP contribution in [0.2, 0.25) is 0 Å². The Labute approximate surface area is 360 Å². The molecule has 9 aromatic carbocycles. The fourth-order valence-electron chi connectivity index (χ4n) is 9.51. The lowest BCUT2D eigenvalue weighted by atomic mass is 9.93. The predicted molar refractivity (Wildman–Crippen MR) is 257 cm³/mol. The Kier molecular flexibility index (Phi) is 8.75. The second kappa shape index (κ2) is 15.0. The van der Waals surface area contributed by atoms with Gasteiger partial charge in [0.2, 0.25) is 0 Å².